The standard InChI is InChI=1S/C22H30N4O2/c1-2-24-22(26-13-6-7-17(16-26)15-21(23)27)25-12-14-28-20-11-5-9-18-8-3-4-10-19(18)20/h3-5,8-11,17H,2,6-7,12-16H2,1H3,(H2,23,27)(H,24,25). The van der Waals surface area contributed by atoms with Crippen LogP contribution in [0.25, 0.3) is 10.8 Å². The molecule has 1 atom stereocenters. The molecule has 1 fully saturated rings. The van der Waals surface area contributed by atoms with E-state index in [4.69, 9.17) is 15.5 Å². The van der Waals surface area contributed by atoms with Gasteiger partial charge in [-0.2, -0.15) is 0 Å². The average Bonchev–Trinajstić information content (AvgIpc) is 2.70. The van der Waals surface area contributed by atoms with E-state index in [1.165, 1.54) is 5.39 Å². The number of fused-ring (bicyclic) bond motifs is 1. The molecule has 0 spiro atoms. The van der Waals surface area contributed by atoms with Crippen LogP contribution >= 0.6 is 0 Å². The second-order valence-corrected chi connectivity index (χ2v) is 7.19. The number of likely N-dealkylation sites (tertiary alicyclic amines) is 1. The van der Waals surface area contributed by atoms with Gasteiger partial charge in [0.05, 0.1) is 6.54 Å². The molecule has 1 aliphatic heterocycles. The maximum atomic E-state index is 11.2. The quantitative estimate of drug-likeness (QED) is 0.438. The molecule has 0 saturated carbocycles. The highest BCUT2D eigenvalue weighted by Crippen LogP contribution is 2.25. The van der Waals surface area contributed by atoms with E-state index < -0.39 is 0 Å². The minimum Gasteiger partial charge on any atom is -0.491 e. The van der Waals surface area contributed by atoms with Gasteiger partial charge in [-0.15, -0.1) is 0 Å². The summed E-state index contributed by atoms with van der Waals surface area (Å²) in [7, 11) is 0. The van der Waals surface area contributed by atoms with Gasteiger partial charge < -0.3 is 20.7 Å². The highest BCUT2D eigenvalue weighted by Gasteiger charge is 2.23. The number of nitrogens with one attached hydrogen (secondary N) is 1. The van der Waals surface area contributed by atoms with Crippen molar-refractivity contribution in [2.24, 2.45) is 16.6 Å². The minimum absolute atomic E-state index is 0.225. The SMILES string of the molecule is CCNC(=NCCOc1cccc2ccccc12)N1CCCC(CC(N)=O)C1. The van der Waals surface area contributed by atoms with Crippen molar-refractivity contribution < 1.29 is 9.53 Å². The number of piperidine rings is 1. The number of guanidine groups is 1. The van der Waals surface area contributed by atoms with Gasteiger partial charge in [0.1, 0.15) is 12.4 Å². The van der Waals surface area contributed by atoms with Crippen LogP contribution in [0, 0.1) is 5.92 Å². The number of nitrogens with two attached hydrogens (primary N) is 1. The van der Waals surface area contributed by atoms with Crippen LogP contribution in [0.15, 0.2) is 47.5 Å². The van der Waals surface area contributed by atoms with Crippen molar-refractivity contribution in [3.8, 4) is 5.75 Å². The van der Waals surface area contributed by atoms with Gasteiger partial charge in [0.15, 0.2) is 5.96 Å². The molecule has 150 valence electrons. The third-order valence-corrected chi connectivity index (χ3v) is 5.00. The first-order valence-electron chi connectivity index (χ1n) is 10.1. The van der Waals surface area contributed by atoms with Crippen LogP contribution in [0.3, 0.4) is 0 Å². The van der Waals surface area contributed by atoms with Gasteiger partial charge in [-0.05, 0) is 37.1 Å². The molecule has 28 heavy (non-hydrogen) atoms. The third kappa shape index (κ3) is 5.38. The predicted molar refractivity (Wildman–Crippen MR) is 114 cm³/mol. The number of carbonyl (C=O) groups excluding carboxylic acids is 1. The lowest BCUT2D eigenvalue weighted by Crippen LogP contribution is -2.47. The normalized spacial score (nSPS) is 17.5. The Labute approximate surface area is 166 Å². The Kier molecular flexibility index (Phi) is 7.12. The van der Waals surface area contributed by atoms with Crippen molar-refractivity contribution in [2.45, 2.75) is 26.2 Å². The van der Waals surface area contributed by atoms with E-state index in [2.05, 4.69) is 35.3 Å². The third-order valence-electron chi connectivity index (χ3n) is 5.00. The summed E-state index contributed by atoms with van der Waals surface area (Å²) in [6.45, 7) is 5.72. The molecule has 6 heteroatoms. The monoisotopic (exact) mass is 382 g/mol. The highest BCUT2D eigenvalue weighted by atomic mass is 16.5. The summed E-state index contributed by atoms with van der Waals surface area (Å²) in [5, 5.41) is 5.65. The molecule has 2 aromatic carbocycles. The summed E-state index contributed by atoms with van der Waals surface area (Å²) in [6.07, 6.45) is 2.54. The maximum Gasteiger partial charge on any atom is 0.217 e. The minimum atomic E-state index is -0.225. The van der Waals surface area contributed by atoms with Gasteiger partial charge >= 0.3 is 0 Å². The molecule has 6 nitrogen and oxygen atoms in total. The molecule has 1 saturated heterocycles. The smallest absolute Gasteiger partial charge is 0.217 e. The number of aliphatic imine (C=N–C) groups is 1. The fraction of sp³-hybridized carbons (Fsp3) is 0.455. The molecule has 2 aromatic rings. The van der Waals surface area contributed by atoms with E-state index in [9.17, 15) is 4.79 Å². The van der Waals surface area contributed by atoms with Crippen LogP contribution in [0.1, 0.15) is 26.2 Å². The Balaban J connectivity index is 1.59. The van der Waals surface area contributed by atoms with E-state index in [0.29, 0.717) is 25.5 Å². The molecular formula is C22H30N4O2. The van der Waals surface area contributed by atoms with Crippen molar-refractivity contribution in [3.63, 3.8) is 0 Å². The first-order chi connectivity index (χ1) is 13.7. The van der Waals surface area contributed by atoms with Crippen molar-refractivity contribution >= 4 is 22.6 Å². The first-order valence-corrected chi connectivity index (χ1v) is 10.1. The zero-order valence-electron chi connectivity index (χ0n) is 16.6. The van der Waals surface area contributed by atoms with Crippen LogP contribution < -0.4 is 15.8 Å². The number of nitrogens with zero attached hydrogens (tertiary/aromatic N) is 2. The number of amides is 1. The van der Waals surface area contributed by atoms with Gasteiger partial charge in [0.25, 0.3) is 0 Å². The summed E-state index contributed by atoms with van der Waals surface area (Å²) < 4.78 is 5.99. The molecule has 1 heterocycles. The number of hydrogen-bond acceptors (Lipinski definition) is 3. The lowest BCUT2D eigenvalue weighted by molar-refractivity contribution is -0.119. The highest BCUT2D eigenvalue weighted by molar-refractivity contribution is 5.88. The molecule has 0 aromatic heterocycles. The summed E-state index contributed by atoms with van der Waals surface area (Å²) in [4.78, 5) is 18.2. The van der Waals surface area contributed by atoms with E-state index in [-0.39, 0.29) is 5.91 Å². The maximum absolute atomic E-state index is 11.2. The fourth-order valence-electron chi connectivity index (χ4n) is 3.76. The Morgan fingerprint density at radius 2 is 2.11 bits per heavy atom. The summed E-state index contributed by atoms with van der Waals surface area (Å²) in [5.41, 5.74) is 5.38. The Morgan fingerprint density at radius 1 is 1.29 bits per heavy atom. The molecule has 0 bridgehead atoms. The summed E-state index contributed by atoms with van der Waals surface area (Å²) in [6, 6.07) is 14.3. The number of benzene rings is 2. The lowest BCUT2D eigenvalue weighted by atomic mass is 9.95. The van der Waals surface area contributed by atoms with Crippen LogP contribution in [-0.2, 0) is 4.79 Å². The number of ether oxygens (including phenoxy) is 1. The van der Waals surface area contributed by atoms with Gasteiger partial charge in [-0.25, -0.2) is 4.99 Å². The second kappa shape index (κ2) is 9.97. The molecule has 1 aliphatic rings. The van der Waals surface area contributed by atoms with Gasteiger partial charge in [0, 0.05) is 31.4 Å². The fourth-order valence-corrected chi connectivity index (χ4v) is 3.76. The Bertz CT molecular complexity index is 816. The molecule has 0 radical (unpaired) electrons. The van der Waals surface area contributed by atoms with Crippen LogP contribution in [-0.4, -0.2) is 49.6 Å². The number of primary amides is 1. The van der Waals surface area contributed by atoms with Gasteiger partial charge in [-0.1, -0.05) is 36.4 Å². The number of carbonyl (C=O) groups is 1. The second-order valence-electron chi connectivity index (χ2n) is 7.19. The lowest BCUT2D eigenvalue weighted by Gasteiger charge is -2.34. The van der Waals surface area contributed by atoms with Crippen molar-refractivity contribution in [1.29, 1.82) is 0 Å². The molecule has 1 unspecified atom stereocenters. The first kappa shape index (κ1) is 20.0. The summed E-state index contributed by atoms with van der Waals surface area (Å²) in [5.74, 6) is 1.86. The number of hydrogen-bond donors (Lipinski definition) is 2. The zero-order chi connectivity index (χ0) is 19.8. The summed E-state index contributed by atoms with van der Waals surface area (Å²) >= 11 is 0. The molecular weight excluding hydrogens is 352 g/mol. The zero-order valence-corrected chi connectivity index (χ0v) is 16.6. The van der Waals surface area contributed by atoms with E-state index in [1.54, 1.807) is 0 Å². The van der Waals surface area contributed by atoms with Crippen molar-refractivity contribution in [3.05, 3.63) is 42.5 Å². The van der Waals surface area contributed by atoms with Crippen molar-refractivity contribution in [2.75, 3.05) is 32.8 Å². The van der Waals surface area contributed by atoms with E-state index >= 15 is 0 Å². The Hall–Kier alpha value is -2.76. The molecule has 0 aliphatic carbocycles. The molecule has 3 rings (SSSR count). The van der Waals surface area contributed by atoms with Crippen molar-refractivity contribution in [1.82, 2.24) is 10.2 Å². The number of rotatable bonds is 7. The van der Waals surface area contributed by atoms with E-state index in [0.717, 1.165) is 49.6 Å². The molecule has 3 N–H and O–H groups in total. The predicted octanol–water partition coefficient (Wildman–Crippen LogP) is 2.77. The molecule has 1 amide bonds. The van der Waals surface area contributed by atoms with Gasteiger partial charge in [-0.3, -0.25) is 4.79 Å². The average molecular weight is 383 g/mol. The van der Waals surface area contributed by atoms with Gasteiger partial charge in [0.2, 0.25) is 5.91 Å². The van der Waals surface area contributed by atoms with Crippen LogP contribution in [0.5, 0.6) is 5.75 Å². The van der Waals surface area contributed by atoms with E-state index in [1.807, 2.05) is 24.3 Å². The van der Waals surface area contributed by atoms with Crippen LogP contribution in [0.4, 0.5) is 0 Å². The largest absolute Gasteiger partial charge is 0.491 e. The topological polar surface area (TPSA) is 80.0 Å². The van der Waals surface area contributed by atoms with Crippen LogP contribution in [0.2, 0.25) is 0 Å². The Morgan fingerprint density at radius 3 is 2.93 bits per heavy atom.